The number of esters is 3. The Hall–Kier alpha value is -1.85. The van der Waals surface area contributed by atoms with E-state index >= 15 is 0 Å². The number of carbonyl (C=O) groups is 3. The summed E-state index contributed by atoms with van der Waals surface area (Å²) in [5, 5.41) is 0. The van der Waals surface area contributed by atoms with E-state index in [0.29, 0.717) is 12.0 Å². The molecule has 0 atom stereocenters. The SMILES string of the molecule is CCCCCC1=CC(=O)OCC1(C(=O)OCC)C(=O)OCC. The van der Waals surface area contributed by atoms with Crippen molar-refractivity contribution in [2.45, 2.75) is 46.5 Å². The normalized spacial score (nSPS) is 16.5. The fourth-order valence-electron chi connectivity index (χ4n) is 2.40. The third-order valence-corrected chi connectivity index (χ3v) is 3.57. The third-order valence-electron chi connectivity index (χ3n) is 3.57. The van der Waals surface area contributed by atoms with Crippen LogP contribution in [0.5, 0.6) is 0 Å². The summed E-state index contributed by atoms with van der Waals surface area (Å²) < 4.78 is 15.1. The lowest BCUT2D eigenvalue weighted by atomic mass is 9.76. The monoisotopic (exact) mass is 312 g/mol. The molecule has 1 heterocycles. The molecule has 0 N–H and O–H groups in total. The van der Waals surface area contributed by atoms with Crippen LogP contribution in [0.2, 0.25) is 0 Å². The van der Waals surface area contributed by atoms with Gasteiger partial charge in [0.25, 0.3) is 0 Å². The maximum atomic E-state index is 12.4. The van der Waals surface area contributed by atoms with Gasteiger partial charge in [0.2, 0.25) is 5.41 Å². The van der Waals surface area contributed by atoms with Gasteiger partial charge in [0.05, 0.1) is 13.2 Å². The number of unbranched alkanes of at least 4 members (excludes halogenated alkanes) is 2. The smallest absolute Gasteiger partial charge is 0.331 e. The molecule has 0 bridgehead atoms. The fourth-order valence-corrected chi connectivity index (χ4v) is 2.40. The first kappa shape index (κ1) is 18.2. The second-order valence-corrected chi connectivity index (χ2v) is 5.08. The number of cyclic esters (lactones) is 1. The average molecular weight is 312 g/mol. The van der Waals surface area contributed by atoms with E-state index in [2.05, 4.69) is 0 Å². The van der Waals surface area contributed by atoms with Crippen LogP contribution in [-0.4, -0.2) is 37.7 Å². The quantitative estimate of drug-likeness (QED) is 0.296. The van der Waals surface area contributed by atoms with E-state index in [1.807, 2.05) is 6.92 Å². The molecule has 124 valence electrons. The lowest BCUT2D eigenvalue weighted by Crippen LogP contribution is -2.49. The van der Waals surface area contributed by atoms with Crippen molar-refractivity contribution in [2.75, 3.05) is 19.8 Å². The van der Waals surface area contributed by atoms with Gasteiger partial charge in [-0.2, -0.15) is 0 Å². The van der Waals surface area contributed by atoms with E-state index < -0.39 is 23.3 Å². The second kappa shape index (κ2) is 8.56. The minimum absolute atomic E-state index is 0.135. The van der Waals surface area contributed by atoms with Crippen LogP contribution in [-0.2, 0) is 28.6 Å². The van der Waals surface area contributed by atoms with E-state index in [0.717, 1.165) is 19.3 Å². The highest BCUT2D eigenvalue weighted by Gasteiger charge is 2.55. The highest BCUT2D eigenvalue weighted by molar-refractivity contribution is 6.06. The minimum atomic E-state index is -1.66. The van der Waals surface area contributed by atoms with Gasteiger partial charge in [-0.1, -0.05) is 19.8 Å². The second-order valence-electron chi connectivity index (χ2n) is 5.08. The highest BCUT2D eigenvalue weighted by atomic mass is 16.6. The average Bonchev–Trinajstić information content (AvgIpc) is 2.48. The maximum Gasteiger partial charge on any atom is 0.331 e. The zero-order chi connectivity index (χ0) is 16.6. The van der Waals surface area contributed by atoms with Crippen molar-refractivity contribution in [3.63, 3.8) is 0 Å². The van der Waals surface area contributed by atoms with Crippen molar-refractivity contribution in [2.24, 2.45) is 5.41 Å². The van der Waals surface area contributed by atoms with Crippen molar-refractivity contribution in [1.29, 1.82) is 0 Å². The zero-order valence-electron chi connectivity index (χ0n) is 13.5. The van der Waals surface area contributed by atoms with E-state index in [1.165, 1.54) is 6.08 Å². The molecule has 6 heteroatoms. The van der Waals surface area contributed by atoms with Gasteiger partial charge in [-0.05, 0) is 32.3 Å². The van der Waals surface area contributed by atoms with Crippen molar-refractivity contribution in [3.8, 4) is 0 Å². The Bertz CT molecular complexity index is 434. The van der Waals surface area contributed by atoms with Crippen LogP contribution in [0.1, 0.15) is 46.5 Å². The first-order chi connectivity index (χ1) is 10.5. The molecule has 1 aliphatic heterocycles. The molecule has 0 radical (unpaired) electrons. The first-order valence-electron chi connectivity index (χ1n) is 7.75. The highest BCUT2D eigenvalue weighted by Crippen LogP contribution is 2.37. The molecule has 0 unspecified atom stereocenters. The topological polar surface area (TPSA) is 78.9 Å². The molecule has 0 amide bonds. The maximum absolute atomic E-state index is 12.4. The van der Waals surface area contributed by atoms with Gasteiger partial charge in [-0.15, -0.1) is 0 Å². The molecule has 0 aromatic carbocycles. The Labute approximate surface area is 130 Å². The standard InChI is InChI=1S/C16H24O6/c1-4-7-8-9-12-10-13(17)22-11-16(12,14(18)20-5-2)15(19)21-6-3/h10H,4-9,11H2,1-3H3. The number of hydrogen-bond donors (Lipinski definition) is 0. The Balaban J connectivity index is 3.18. The van der Waals surface area contributed by atoms with Crippen LogP contribution in [0.25, 0.3) is 0 Å². The van der Waals surface area contributed by atoms with Gasteiger partial charge in [0, 0.05) is 6.08 Å². The summed E-state index contributed by atoms with van der Waals surface area (Å²) in [4.78, 5) is 36.4. The summed E-state index contributed by atoms with van der Waals surface area (Å²) in [7, 11) is 0. The molecule has 22 heavy (non-hydrogen) atoms. The van der Waals surface area contributed by atoms with Crippen LogP contribution in [0.15, 0.2) is 11.6 Å². The number of ether oxygens (including phenoxy) is 3. The van der Waals surface area contributed by atoms with E-state index in [9.17, 15) is 14.4 Å². The minimum Gasteiger partial charge on any atom is -0.465 e. The van der Waals surface area contributed by atoms with Gasteiger partial charge in [-0.25, -0.2) is 4.79 Å². The summed E-state index contributed by atoms with van der Waals surface area (Å²) >= 11 is 0. The van der Waals surface area contributed by atoms with Gasteiger partial charge in [0.1, 0.15) is 6.61 Å². The molecule has 0 fully saturated rings. The van der Waals surface area contributed by atoms with Crippen molar-refractivity contribution >= 4 is 17.9 Å². The van der Waals surface area contributed by atoms with Gasteiger partial charge < -0.3 is 14.2 Å². The van der Waals surface area contributed by atoms with Crippen LogP contribution in [0.3, 0.4) is 0 Å². The largest absolute Gasteiger partial charge is 0.465 e. The molecular formula is C16H24O6. The molecule has 6 nitrogen and oxygen atoms in total. The molecule has 1 rings (SSSR count). The van der Waals surface area contributed by atoms with Crippen LogP contribution in [0.4, 0.5) is 0 Å². The van der Waals surface area contributed by atoms with Crippen LogP contribution < -0.4 is 0 Å². The lowest BCUT2D eigenvalue weighted by molar-refractivity contribution is -0.175. The van der Waals surface area contributed by atoms with E-state index in [1.54, 1.807) is 13.8 Å². The van der Waals surface area contributed by atoms with Crippen LogP contribution in [0, 0.1) is 5.41 Å². The van der Waals surface area contributed by atoms with Crippen molar-refractivity contribution in [3.05, 3.63) is 11.6 Å². The fraction of sp³-hybridized carbons (Fsp3) is 0.688. The predicted octanol–water partition coefficient (Wildman–Crippen LogP) is 2.16. The Morgan fingerprint density at radius 2 is 1.73 bits per heavy atom. The molecule has 0 saturated heterocycles. The first-order valence-corrected chi connectivity index (χ1v) is 7.75. The van der Waals surface area contributed by atoms with E-state index in [-0.39, 0.29) is 19.8 Å². The van der Waals surface area contributed by atoms with Crippen molar-refractivity contribution < 1.29 is 28.6 Å². The summed E-state index contributed by atoms with van der Waals surface area (Å²) in [5.41, 5.74) is -1.23. The van der Waals surface area contributed by atoms with E-state index in [4.69, 9.17) is 14.2 Å². The summed E-state index contributed by atoms with van der Waals surface area (Å²) in [5.74, 6) is -1.98. The van der Waals surface area contributed by atoms with Crippen molar-refractivity contribution in [1.82, 2.24) is 0 Å². The molecular weight excluding hydrogens is 288 g/mol. The Morgan fingerprint density at radius 1 is 1.14 bits per heavy atom. The number of hydrogen-bond acceptors (Lipinski definition) is 6. The molecule has 1 aliphatic rings. The molecule has 0 saturated carbocycles. The van der Waals surface area contributed by atoms with Gasteiger partial charge in [-0.3, -0.25) is 9.59 Å². The third kappa shape index (κ3) is 3.87. The van der Waals surface area contributed by atoms with Gasteiger partial charge >= 0.3 is 17.9 Å². The summed E-state index contributed by atoms with van der Waals surface area (Å²) in [6.45, 7) is 5.28. The Morgan fingerprint density at radius 3 is 2.23 bits per heavy atom. The Kier molecular flexibility index (Phi) is 7.08. The summed E-state index contributed by atoms with van der Waals surface area (Å²) in [6.07, 6.45) is 4.39. The number of rotatable bonds is 8. The lowest BCUT2D eigenvalue weighted by Gasteiger charge is -2.33. The predicted molar refractivity (Wildman–Crippen MR) is 78.9 cm³/mol. The summed E-state index contributed by atoms with van der Waals surface area (Å²) in [6, 6.07) is 0. The van der Waals surface area contributed by atoms with Gasteiger partial charge in [0.15, 0.2) is 0 Å². The molecule has 0 aromatic heterocycles. The van der Waals surface area contributed by atoms with Crippen LogP contribution >= 0.6 is 0 Å². The molecule has 0 spiro atoms. The molecule has 0 aromatic rings. The number of carbonyl (C=O) groups excluding carboxylic acids is 3. The molecule has 0 aliphatic carbocycles. The zero-order valence-corrected chi connectivity index (χ0v) is 13.5.